The van der Waals surface area contributed by atoms with E-state index < -0.39 is 0 Å². The van der Waals surface area contributed by atoms with E-state index in [2.05, 4.69) is 158 Å². The van der Waals surface area contributed by atoms with Crippen molar-refractivity contribution in [2.24, 2.45) is 0 Å². The van der Waals surface area contributed by atoms with Crippen LogP contribution >= 0.6 is 24.8 Å². The molecule has 292 valence electrons. The van der Waals surface area contributed by atoms with Gasteiger partial charge in [0, 0.05) is 0 Å². The van der Waals surface area contributed by atoms with Crippen molar-refractivity contribution in [2.75, 3.05) is 0 Å². The first-order chi connectivity index (χ1) is 25.1. The second-order valence-corrected chi connectivity index (χ2v) is 14.3. The Morgan fingerprint density at radius 1 is 0.500 bits per heavy atom. The van der Waals surface area contributed by atoms with Crippen LogP contribution in [0.3, 0.4) is 0 Å². The van der Waals surface area contributed by atoms with Crippen LogP contribution in [0.5, 0.6) is 0 Å². The number of halogens is 2. The molecule has 56 heavy (non-hydrogen) atoms. The molecule has 0 aliphatic carbocycles. The number of furan rings is 2. The average molecular weight is 877 g/mol. The second-order valence-electron chi connectivity index (χ2n) is 14.3. The van der Waals surface area contributed by atoms with Gasteiger partial charge < -0.3 is 23.7 Å². The number of hydrogen-bond donors (Lipinski definition) is 0. The molecular formula is C50H54Cl2O2SiZr-4. The van der Waals surface area contributed by atoms with Crippen LogP contribution < -0.4 is 0 Å². The minimum atomic E-state index is 0. The zero-order valence-electron chi connectivity index (χ0n) is 34.3. The average Bonchev–Trinajstić information content (AvgIpc) is 3.95. The monoisotopic (exact) mass is 874 g/mol. The Bertz CT molecular complexity index is 2270. The molecule has 2 nitrogen and oxygen atoms in total. The van der Waals surface area contributed by atoms with Gasteiger partial charge in [-0.2, -0.15) is 0 Å². The summed E-state index contributed by atoms with van der Waals surface area (Å²) in [5.74, 6) is 4.73. The van der Waals surface area contributed by atoms with Gasteiger partial charge in [0.05, 0.1) is 23.0 Å². The topological polar surface area (TPSA) is 26.3 Å². The molecule has 8 rings (SSSR count). The Kier molecular flexibility index (Phi) is 18.4. The molecule has 0 bridgehead atoms. The first kappa shape index (κ1) is 48.5. The molecule has 0 unspecified atom stereocenters. The van der Waals surface area contributed by atoms with Gasteiger partial charge in [0.25, 0.3) is 0 Å². The number of benzene rings is 4. The summed E-state index contributed by atoms with van der Waals surface area (Å²) in [7, 11) is 0. The molecule has 0 saturated carbocycles. The Morgan fingerprint density at radius 3 is 1.12 bits per heavy atom. The normalized spacial score (nSPS) is 10.4. The third-order valence-electron chi connectivity index (χ3n) is 9.84. The van der Waals surface area contributed by atoms with Crippen molar-refractivity contribution in [2.45, 2.75) is 67.2 Å². The van der Waals surface area contributed by atoms with Gasteiger partial charge in [-0.15, -0.1) is 82.8 Å². The van der Waals surface area contributed by atoms with Crippen LogP contribution in [0, 0.1) is 42.5 Å². The fourth-order valence-corrected chi connectivity index (χ4v) is 7.81. The van der Waals surface area contributed by atoms with Gasteiger partial charge in [0.2, 0.25) is 0 Å². The second kappa shape index (κ2) is 21.2. The van der Waals surface area contributed by atoms with E-state index in [4.69, 9.17) is 8.83 Å². The van der Waals surface area contributed by atoms with Gasteiger partial charge in [-0.25, -0.2) is 0 Å². The number of aryl methyl sites for hydroxylation is 4. The van der Waals surface area contributed by atoms with Gasteiger partial charge in [0.15, 0.2) is 0 Å². The van der Waals surface area contributed by atoms with Gasteiger partial charge in [0.1, 0.15) is 0 Å². The van der Waals surface area contributed by atoms with E-state index in [-0.39, 0.29) is 39.7 Å². The summed E-state index contributed by atoms with van der Waals surface area (Å²) < 4.78 is 11.7. The van der Waals surface area contributed by atoms with Crippen molar-refractivity contribution in [3.05, 3.63) is 170 Å². The summed E-state index contributed by atoms with van der Waals surface area (Å²) in [5, 5.41) is 5.18. The molecule has 6 aromatic carbocycles. The Morgan fingerprint density at radius 2 is 0.839 bits per heavy atom. The van der Waals surface area contributed by atoms with Gasteiger partial charge >= 0.3 is 30.2 Å². The SMILES string of the molecule is Cc1ccc(-c2cc3c(-c4ccccc4)c(C(C)C)c(C)cc3[cH-]2)o1.Cc1ccc(-c2cc3c(-c4ccccc4)c(C(C)C)c(C)cc3[cH-]2)o1.Cl.Cl.[CH3-].[CH3-].[Si]=[Zr]. The fourth-order valence-electron chi connectivity index (χ4n) is 7.81. The van der Waals surface area contributed by atoms with E-state index >= 15 is 0 Å². The first-order valence-electron chi connectivity index (χ1n) is 18.1. The van der Waals surface area contributed by atoms with Crippen molar-refractivity contribution in [3.8, 4) is 44.9 Å². The first-order valence-corrected chi connectivity index (χ1v) is 22.2. The van der Waals surface area contributed by atoms with E-state index in [1.54, 1.807) is 0 Å². The molecule has 0 spiro atoms. The molecule has 0 aliphatic rings. The maximum absolute atomic E-state index is 5.85. The predicted molar refractivity (Wildman–Crippen MR) is 246 cm³/mol. The molecule has 6 heteroatoms. The van der Waals surface area contributed by atoms with Gasteiger partial charge in [-0.05, 0) is 97.2 Å². The van der Waals surface area contributed by atoms with Crippen molar-refractivity contribution >= 4 is 53.2 Å². The van der Waals surface area contributed by atoms with Crippen molar-refractivity contribution in [3.63, 3.8) is 0 Å². The van der Waals surface area contributed by atoms with Crippen molar-refractivity contribution in [1.29, 1.82) is 0 Å². The van der Waals surface area contributed by atoms with E-state index in [9.17, 15) is 0 Å². The van der Waals surface area contributed by atoms with Crippen LogP contribution in [-0.4, -0.2) is 6.88 Å². The summed E-state index contributed by atoms with van der Waals surface area (Å²) in [5.41, 5.74) is 13.2. The summed E-state index contributed by atoms with van der Waals surface area (Å²) in [6, 6.07) is 43.3. The minimum absolute atomic E-state index is 0. The summed E-state index contributed by atoms with van der Waals surface area (Å²) >= 11 is 1.36. The van der Waals surface area contributed by atoms with E-state index in [1.807, 2.05) is 26.0 Å². The summed E-state index contributed by atoms with van der Waals surface area (Å²) in [6.45, 7) is 20.6. The Hall–Kier alpha value is -3.66. The molecule has 0 fully saturated rings. The molecule has 0 atom stereocenters. The maximum atomic E-state index is 5.85. The van der Waals surface area contributed by atoms with Gasteiger partial charge in [-0.3, -0.25) is 0 Å². The molecule has 0 N–H and O–H groups in total. The Balaban J connectivity index is 0.000000347. The number of rotatable bonds is 6. The quantitative estimate of drug-likeness (QED) is 0.123. The molecule has 0 saturated heterocycles. The van der Waals surface area contributed by atoms with Crippen molar-refractivity contribution < 1.29 is 32.2 Å². The van der Waals surface area contributed by atoms with Crippen molar-refractivity contribution in [1.82, 2.24) is 0 Å². The zero-order chi connectivity index (χ0) is 37.1. The van der Waals surface area contributed by atoms with Crippen LogP contribution in [0.4, 0.5) is 0 Å². The summed E-state index contributed by atoms with van der Waals surface area (Å²) in [6.07, 6.45) is 0. The molecular weight excluding hydrogens is 823 g/mol. The van der Waals surface area contributed by atoms with E-state index in [1.165, 1.54) is 89.4 Å². The molecule has 2 radical (unpaired) electrons. The number of fused-ring (bicyclic) bond motifs is 2. The predicted octanol–water partition coefficient (Wildman–Crippen LogP) is 15.8. The van der Waals surface area contributed by atoms with E-state index in [0.717, 1.165) is 34.2 Å². The van der Waals surface area contributed by atoms with Crippen LogP contribution in [0.2, 0.25) is 0 Å². The van der Waals surface area contributed by atoms with E-state index in [0.29, 0.717) is 11.8 Å². The molecule has 8 aromatic rings. The van der Waals surface area contributed by atoms with Crippen LogP contribution in [-0.2, 0) is 23.3 Å². The fraction of sp³-hybridized carbons (Fsp3) is 0.200. The summed E-state index contributed by atoms with van der Waals surface area (Å²) in [4.78, 5) is 0. The van der Waals surface area contributed by atoms with Crippen LogP contribution in [0.25, 0.3) is 66.4 Å². The third-order valence-corrected chi connectivity index (χ3v) is 9.84. The standard InChI is InChI=1S/2C24H23O.2CH3.2ClH.Si.Zr/c2*1-15(2)23-16(3)12-19-13-20(22-11-10-17(4)25-22)14-21(19)24(23)18-8-6-5-7-9-18;;;;;;/h2*5-15H,1-4H3;2*1H3;2*1H;;/q4*-1;;;;. The van der Waals surface area contributed by atoms with Crippen LogP contribution in [0.1, 0.15) is 73.3 Å². The third kappa shape index (κ3) is 10.1. The Labute approximate surface area is 364 Å². The molecule has 0 amide bonds. The number of hydrogen-bond acceptors (Lipinski definition) is 2. The molecule has 0 aliphatic heterocycles. The molecule has 2 heterocycles. The molecule has 2 aromatic heterocycles. The van der Waals surface area contributed by atoms with Gasteiger partial charge in [-0.1, -0.05) is 111 Å². The zero-order valence-corrected chi connectivity index (χ0v) is 39.4. The van der Waals surface area contributed by atoms with Crippen LogP contribution in [0.15, 0.2) is 130 Å².